The molecule has 0 radical (unpaired) electrons. The van der Waals surface area contributed by atoms with Crippen molar-refractivity contribution in [3.63, 3.8) is 0 Å². The molecule has 19 heavy (non-hydrogen) atoms. The summed E-state index contributed by atoms with van der Waals surface area (Å²) in [6.45, 7) is 0.439. The lowest BCUT2D eigenvalue weighted by molar-refractivity contribution is 0.307. The summed E-state index contributed by atoms with van der Waals surface area (Å²) in [6, 6.07) is 11.8. The third-order valence-corrected chi connectivity index (χ3v) is 4.03. The van der Waals surface area contributed by atoms with Gasteiger partial charge >= 0.3 is 0 Å². The highest BCUT2D eigenvalue weighted by molar-refractivity contribution is 6.43. The molecule has 0 atom stereocenters. The van der Waals surface area contributed by atoms with Gasteiger partial charge in [-0.15, -0.1) is 0 Å². The SMILES string of the molecule is N#Cc1cc(Cl)c(Cl)c2c1Cc1ccccc1CO2. The Bertz CT molecular complexity index is 704. The predicted molar refractivity (Wildman–Crippen MR) is 74.8 cm³/mol. The summed E-state index contributed by atoms with van der Waals surface area (Å²) in [4.78, 5) is 0. The van der Waals surface area contributed by atoms with Crippen LogP contribution in [0.25, 0.3) is 0 Å². The first kappa shape index (κ1) is 12.3. The molecule has 0 aromatic heterocycles. The minimum absolute atomic E-state index is 0.350. The van der Waals surface area contributed by atoms with E-state index in [-0.39, 0.29) is 0 Å². The molecule has 1 aliphatic rings. The van der Waals surface area contributed by atoms with E-state index >= 15 is 0 Å². The first-order chi connectivity index (χ1) is 9.20. The number of benzene rings is 2. The standard InChI is InChI=1S/C15H9Cl2NO/c16-13-6-11(7-18)12-5-9-3-1-2-4-10(9)8-19-15(12)14(13)17/h1-4,6H,5,8H2. The van der Waals surface area contributed by atoms with E-state index in [1.165, 1.54) is 0 Å². The van der Waals surface area contributed by atoms with Crippen molar-refractivity contribution in [3.05, 3.63) is 62.6 Å². The molecule has 0 saturated heterocycles. The Hall–Kier alpha value is -1.69. The van der Waals surface area contributed by atoms with Crippen molar-refractivity contribution in [2.45, 2.75) is 13.0 Å². The van der Waals surface area contributed by atoms with Gasteiger partial charge in [0.2, 0.25) is 0 Å². The first-order valence-corrected chi connectivity index (χ1v) is 6.57. The normalized spacial score (nSPS) is 12.7. The van der Waals surface area contributed by atoms with Gasteiger partial charge in [-0.2, -0.15) is 5.26 Å². The monoisotopic (exact) mass is 289 g/mol. The van der Waals surface area contributed by atoms with Crippen molar-refractivity contribution >= 4 is 23.2 Å². The van der Waals surface area contributed by atoms with Crippen molar-refractivity contribution in [2.75, 3.05) is 0 Å². The Morgan fingerprint density at radius 1 is 1.16 bits per heavy atom. The molecule has 0 aliphatic carbocycles. The van der Waals surface area contributed by atoms with Gasteiger partial charge in [0.05, 0.1) is 16.7 Å². The zero-order valence-corrected chi connectivity index (χ0v) is 11.4. The third-order valence-electron chi connectivity index (χ3n) is 3.26. The van der Waals surface area contributed by atoms with Gasteiger partial charge in [0.25, 0.3) is 0 Å². The highest BCUT2D eigenvalue weighted by Crippen LogP contribution is 2.40. The van der Waals surface area contributed by atoms with E-state index in [1.807, 2.05) is 24.3 Å². The number of hydrogen-bond donors (Lipinski definition) is 0. The second-order valence-corrected chi connectivity index (χ2v) is 5.16. The number of nitrogens with zero attached hydrogens (tertiary/aromatic N) is 1. The van der Waals surface area contributed by atoms with Crippen molar-refractivity contribution < 1.29 is 4.74 Å². The lowest BCUT2D eigenvalue weighted by Crippen LogP contribution is -1.97. The number of fused-ring (bicyclic) bond motifs is 2. The van der Waals surface area contributed by atoms with Gasteiger partial charge in [-0.1, -0.05) is 47.5 Å². The summed E-state index contributed by atoms with van der Waals surface area (Å²) < 4.78 is 5.76. The summed E-state index contributed by atoms with van der Waals surface area (Å²) in [5, 5.41) is 9.97. The smallest absolute Gasteiger partial charge is 0.144 e. The quantitative estimate of drug-likeness (QED) is 0.722. The maximum absolute atomic E-state index is 9.24. The number of rotatable bonds is 0. The molecule has 0 N–H and O–H groups in total. The average molecular weight is 290 g/mol. The van der Waals surface area contributed by atoms with Crippen LogP contribution in [0.2, 0.25) is 10.0 Å². The summed E-state index contributed by atoms with van der Waals surface area (Å²) in [5.74, 6) is 0.530. The van der Waals surface area contributed by atoms with Crippen LogP contribution in [0.4, 0.5) is 0 Å². The topological polar surface area (TPSA) is 33.0 Å². The van der Waals surface area contributed by atoms with E-state index < -0.39 is 0 Å². The van der Waals surface area contributed by atoms with Crippen LogP contribution in [-0.2, 0) is 13.0 Å². The Kier molecular flexibility index (Phi) is 3.10. The summed E-state index contributed by atoms with van der Waals surface area (Å²) >= 11 is 12.2. The largest absolute Gasteiger partial charge is 0.487 e. The van der Waals surface area contributed by atoms with Gasteiger partial charge in [-0.3, -0.25) is 0 Å². The van der Waals surface area contributed by atoms with Crippen LogP contribution in [0, 0.1) is 11.3 Å². The van der Waals surface area contributed by atoms with Crippen LogP contribution < -0.4 is 4.74 Å². The first-order valence-electron chi connectivity index (χ1n) is 5.81. The fraction of sp³-hybridized carbons (Fsp3) is 0.133. The average Bonchev–Trinajstić information content (AvgIpc) is 2.62. The molecule has 0 unspecified atom stereocenters. The molecule has 94 valence electrons. The van der Waals surface area contributed by atoms with Gasteiger partial charge in [0.1, 0.15) is 17.4 Å². The Morgan fingerprint density at radius 2 is 1.89 bits per heavy atom. The molecule has 0 saturated carbocycles. The van der Waals surface area contributed by atoms with E-state index in [0.29, 0.717) is 34.4 Å². The maximum Gasteiger partial charge on any atom is 0.144 e. The summed E-state index contributed by atoms with van der Waals surface area (Å²) in [7, 11) is 0. The number of nitriles is 1. The van der Waals surface area contributed by atoms with Crippen LogP contribution >= 0.6 is 23.2 Å². The molecule has 4 heteroatoms. The van der Waals surface area contributed by atoms with E-state index in [2.05, 4.69) is 6.07 Å². The molecule has 0 spiro atoms. The van der Waals surface area contributed by atoms with Crippen molar-refractivity contribution in [3.8, 4) is 11.8 Å². The molecule has 2 aromatic carbocycles. The second kappa shape index (κ2) is 4.77. The Balaban J connectivity index is 2.23. The minimum atomic E-state index is 0.350. The van der Waals surface area contributed by atoms with Crippen molar-refractivity contribution in [1.29, 1.82) is 5.26 Å². The molecule has 0 fully saturated rings. The number of ether oxygens (including phenoxy) is 1. The Labute approximate surface area is 121 Å². The van der Waals surface area contributed by atoms with E-state index in [4.69, 9.17) is 27.9 Å². The van der Waals surface area contributed by atoms with Crippen LogP contribution in [0.1, 0.15) is 22.3 Å². The second-order valence-electron chi connectivity index (χ2n) is 4.37. The van der Waals surface area contributed by atoms with Crippen molar-refractivity contribution in [1.82, 2.24) is 0 Å². The third kappa shape index (κ3) is 2.06. The maximum atomic E-state index is 9.24. The van der Waals surface area contributed by atoms with E-state index in [9.17, 15) is 5.26 Å². The van der Waals surface area contributed by atoms with Crippen LogP contribution in [0.15, 0.2) is 30.3 Å². The zero-order chi connectivity index (χ0) is 13.4. The molecule has 0 bridgehead atoms. The van der Waals surface area contributed by atoms with Gasteiger partial charge in [0, 0.05) is 12.0 Å². The lowest BCUT2D eigenvalue weighted by atomic mass is 9.97. The van der Waals surface area contributed by atoms with Gasteiger partial charge < -0.3 is 4.74 Å². The minimum Gasteiger partial charge on any atom is -0.487 e. The van der Waals surface area contributed by atoms with Gasteiger partial charge in [-0.25, -0.2) is 0 Å². The van der Waals surface area contributed by atoms with Gasteiger partial charge in [0.15, 0.2) is 0 Å². The van der Waals surface area contributed by atoms with E-state index in [0.717, 1.165) is 16.7 Å². The van der Waals surface area contributed by atoms with E-state index in [1.54, 1.807) is 6.07 Å². The molecular weight excluding hydrogens is 281 g/mol. The lowest BCUT2D eigenvalue weighted by Gasteiger charge is -2.11. The molecular formula is C15H9Cl2NO. The van der Waals surface area contributed by atoms with Crippen molar-refractivity contribution in [2.24, 2.45) is 0 Å². The highest BCUT2D eigenvalue weighted by atomic mass is 35.5. The molecule has 1 aliphatic heterocycles. The molecule has 0 amide bonds. The molecule has 1 heterocycles. The molecule has 3 rings (SSSR count). The Morgan fingerprint density at radius 3 is 2.63 bits per heavy atom. The van der Waals surface area contributed by atoms with Gasteiger partial charge in [-0.05, 0) is 17.2 Å². The van der Waals surface area contributed by atoms with Crippen LogP contribution in [0.3, 0.4) is 0 Å². The number of hydrogen-bond acceptors (Lipinski definition) is 2. The number of halogens is 2. The fourth-order valence-electron chi connectivity index (χ4n) is 2.28. The summed E-state index contributed by atoms with van der Waals surface area (Å²) in [6.07, 6.45) is 0.630. The fourth-order valence-corrected chi connectivity index (χ4v) is 2.70. The molecule has 2 nitrogen and oxygen atoms in total. The van der Waals surface area contributed by atoms with Crippen LogP contribution in [0.5, 0.6) is 5.75 Å². The van der Waals surface area contributed by atoms with Crippen LogP contribution in [-0.4, -0.2) is 0 Å². The molecule has 2 aromatic rings. The highest BCUT2D eigenvalue weighted by Gasteiger charge is 2.21. The predicted octanol–water partition coefficient (Wildman–Crippen LogP) is 4.35. The zero-order valence-electron chi connectivity index (χ0n) is 9.91. The summed E-state index contributed by atoms with van der Waals surface area (Å²) in [5.41, 5.74) is 3.58.